The molecule has 0 fully saturated rings. The maximum atomic E-state index is 5.63. The van der Waals surface area contributed by atoms with Crippen LogP contribution in [0.5, 0.6) is 0 Å². The summed E-state index contributed by atoms with van der Waals surface area (Å²) in [4.78, 5) is 4.58. The van der Waals surface area contributed by atoms with Crippen LogP contribution in [0.3, 0.4) is 0 Å². The highest BCUT2D eigenvalue weighted by molar-refractivity contribution is 6.60. The summed E-state index contributed by atoms with van der Waals surface area (Å²) in [6, 6.07) is 6.84. The van der Waals surface area contributed by atoms with E-state index in [4.69, 9.17) is 13.3 Å². The van der Waals surface area contributed by atoms with Gasteiger partial charge in [-0.15, -0.1) is 0 Å². The monoisotopic (exact) mass is 293 g/mol. The lowest BCUT2D eigenvalue weighted by Gasteiger charge is -2.39. The molecule has 0 amide bonds. The zero-order valence-electron chi connectivity index (χ0n) is 12.5. The lowest BCUT2D eigenvalue weighted by atomic mass is 9.76. The molecule has 0 aliphatic heterocycles. The maximum Gasteiger partial charge on any atom is 0.501 e. The summed E-state index contributed by atoms with van der Waals surface area (Å²) in [7, 11) is 2.38. The summed E-state index contributed by atoms with van der Waals surface area (Å²) in [5.74, 6) is 0. The van der Waals surface area contributed by atoms with Crippen molar-refractivity contribution in [2.24, 2.45) is 0 Å². The van der Waals surface area contributed by atoms with Gasteiger partial charge in [-0.25, -0.2) is 0 Å². The summed E-state index contributed by atoms with van der Waals surface area (Å²) in [5, 5.41) is 0. The van der Waals surface area contributed by atoms with Crippen molar-refractivity contribution in [2.45, 2.75) is 30.7 Å². The van der Waals surface area contributed by atoms with Crippen LogP contribution in [0.2, 0.25) is 6.04 Å². The number of pyridine rings is 1. The van der Waals surface area contributed by atoms with Gasteiger partial charge in [0.25, 0.3) is 0 Å². The Morgan fingerprint density at radius 3 is 2.40 bits per heavy atom. The van der Waals surface area contributed by atoms with E-state index in [0.29, 0.717) is 0 Å². The van der Waals surface area contributed by atoms with Gasteiger partial charge in [0, 0.05) is 44.7 Å². The number of rotatable bonds is 6. The van der Waals surface area contributed by atoms with Gasteiger partial charge in [-0.05, 0) is 31.4 Å². The average Bonchev–Trinajstić information content (AvgIpc) is 2.55. The van der Waals surface area contributed by atoms with Crippen LogP contribution in [-0.4, -0.2) is 35.1 Å². The highest BCUT2D eigenvalue weighted by Gasteiger charge is 2.48. The molecule has 1 atom stereocenters. The third-order valence-electron chi connectivity index (χ3n) is 4.16. The summed E-state index contributed by atoms with van der Waals surface area (Å²) in [6.07, 6.45) is 9.37. The van der Waals surface area contributed by atoms with Crippen molar-refractivity contribution >= 4 is 8.80 Å². The quantitative estimate of drug-likeness (QED) is 0.597. The Hall–Kier alpha value is -1.01. The van der Waals surface area contributed by atoms with E-state index in [2.05, 4.69) is 23.2 Å². The van der Waals surface area contributed by atoms with E-state index in [1.165, 1.54) is 0 Å². The molecular weight excluding hydrogens is 270 g/mol. The molecule has 0 N–H and O–H groups in total. The van der Waals surface area contributed by atoms with Crippen molar-refractivity contribution in [1.82, 2.24) is 4.98 Å². The molecule has 1 aromatic rings. The third-order valence-corrected chi connectivity index (χ3v) is 7.14. The Bertz CT molecular complexity index is 439. The predicted molar refractivity (Wildman–Crippen MR) is 80.5 cm³/mol. The van der Waals surface area contributed by atoms with Crippen molar-refractivity contribution in [3.8, 4) is 0 Å². The van der Waals surface area contributed by atoms with Gasteiger partial charge < -0.3 is 13.3 Å². The molecule has 1 heterocycles. The zero-order valence-corrected chi connectivity index (χ0v) is 13.5. The summed E-state index contributed by atoms with van der Waals surface area (Å²) in [5.41, 5.74) is 1.05. The highest BCUT2D eigenvalue weighted by Crippen LogP contribution is 2.42. The second kappa shape index (κ2) is 6.63. The number of hydrogen-bond donors (Lipinski definition) is 0. The molecule has 2 rings (SSSR count). The second-order valence-corrected chi connectivity index (χ2v) is 8.13. The average molecular weight is 293 g/mol. The van der Waals surface area contributed by atoms with Crippen molar-refractivity contribution in [2.75, 3.05) is 21.3 Å². The molecule has 1 unspecified atom stereocenters. The van der Waals surface area contributed by atoms with E-state index in [0.717, 1.165) is 31.0 Å². The van der Waals surface area contributed by atoms with Crippen molar-refractivity contribution < 1.29 is 13.3 Å². The molecule has 1 aliphatic carbocycles. The highest BCUT2D eigenvalue weighted by atomic mass is 28.4. The van der Waals surface area contributed by atoms with E-state index in [-0.39, 0.29) is 5.41 Å². The van der Waals surface area contributed by atoms with Gasteiger partial charge in [-0.3, -0.25) is 4.98 Å². The Kier molecular flexibility index (Phi) is 5.09. The third kappa shape index (κ3) is 3.01. The topological polar surface area (TPSA) is 40.6 Å². The van der Waals surface area contributed by atoms with E-state index in [1.807, 2.05) is 18.3 Å². The molecule has 110 valence electrons. The standard InChI is InChI=1S/C15H23NO3Si/c1-17-20(18-2,19-3)13-15(10-6-4-7-11-15)14-9-5-8-12-16-14/h4-6,8-9,12H,7,10-11,13H2,1-3H3. The molecule has 1 aromatic heterocycles. The Morgan fingerprint density at radius 1 is 1.15 bits per heavy atom. The maximum absolute atomic E-state index is 5.63. The van der Waals surface area contributed by atoms with Crippen molar-refractivity contribution in [1.29, 1.82) is 0 Å². The Balaban J connectivity index is 2.36. The van der Waals surface area contributed by atoms with E-state index in [9.17, 15) is 0 Å². The first-order chi connectivity index (χ1) is 9.70. The largest absolute Gasteiger partial charge is 0.501 e. The fourth-order valence-corrected chi connectivity index (χ4v) is 5.19. The van der Waals surface area contributed by atoms with Crippen LogP contribution in [0, 0.1) is 0 Å². The molecule has 1 aliphatic rings. The lowest BCUT2D eigenvalue weighted by molar-refractivity contribution is 0.113. The van der Waals surface area contributed by atoms with E-state index in [1.54, 1.807) is 21.3 Å². The predicted octanol–water partition coefficient (Wildman–Crippen LogP) is 2.94. The number of aromatic nitrogens is 1. The minimum atomic E-state index is -2.63. The van der Waals surface area contributed by atoms with Gasteiger partial charge in [-0.2, -0.15) is 0 Å². The summed E-state index contributed by atoms with van der Waals surface area (Å²) < 4.78 is 16.9. The fourth-order valence-electron chi connectivity index (χ4n) is 2.93. The van der Waals surface area contributed by atoms with Gasteiger partial charge in [0.15, 0.2) is 0 Å². The first-order valence-corrected chi connectivity index (χ1v) is 8.85. The molecule has 20 heavy (non-hydrogen) atoms. The molecule has 0 saturated carbocycles. The summed E-state index contributed by atoms with van der Waals surface area (Å²) >= 11 is 0. The Morgan fingerprint density at radius 2 is 1.90 bits per heavy atom. The van der Waals surface area contributed by atoms with Gasteiger partial charge in [-0.1, -0.05) is 18.2 Å². The molecule has 4 nitrogen and oxygen atoms in total. The van der Waals surface area contributed by atoms with Crippen LogP contribution in [0.25, 0.3) is 0 Å². The lowest BCUT2D eigenvalue weighted by Crippen LogP contribution is -2.49. The minimum Gasteiger partial charge on any atom is -0.377 e. The molecular formula is C15H23NO3Si. The van der Waals surface area contributed by atoms with Crippen LogP contribution in [0.4, 0.5) is 0 Å². The number of hydrogen-bond acceptors (Lipinski definition) is 4. The normalized spacial score (nSPS) is 22.9. The summed E-state index contributed by atoms with van der Waals surface area (Å²) in [6.45, 7) is 0. The Labute approximate surface area is 122 Å². The molecule has 0 saturated heterocycles. The minimum absolute atomic E-state index is 0.0513. The zero-order chi connectivity index (χ0) is 14.5. The van der Waals surface area contributed by atoms with Gasteiger partial charge >= 0.3 is 8.80 Å². The van der Waals surface area contributed by atoms with Gasteiger partial charge in [0.1, 0.15) is 0 Å². The van der Waals surface area contributed by atoms with Gasteiger partial charge in [0.2, 0.25) is 0 Å². The van der Waals surface area contributed by atoms with Crippen molar-refractivity contribution in [3.63, 3.8) is 0 Å². The van der Waals surface area contributed by atoms with Gasteiger partial charge in [0.05, 0.1) is 0 Å². The van der Waals surface area contributed by atoms with Crippen molar-refractivity contribution in [3.05, 3.63) is 42.2 Å². The second-order valence-electron chi connectivity index (χ2n) is 5.18. The van der Waals surface area contributed by atoms with E-state index >= 15 is 0 Å². The van der Waals surface area contributed by atoms with Crippen LogP contribution in [0.1, 0.15) is 25.0 Å². The number of nitrogens with zero attached hydrogens (tertiary/aromatic N) is 1. The number of allylic oxidation sites excluding steroid dienone is 2. The molecule has 0 radical (unpaired) electrons. The van der Waals surface area contributed by atoms with Crippen LogP contribution >= 0.6 is 0 Å². The molecule has 5 heteroatoms. The fraction of sp³-hybridized carbons (Fsp3) is 0.533. The molecule has 0 spiro atoms. The smallest absolute Gasteiger partial charge is 0.377 e. The van der Waals surface area contributed by atoms with E-state index < -0.39 is 8.80 Å². The van der Waals surface area contributed by atoms with Crippen LogP contribution in [0.15, 0.2) is 36.5 Å². The first-order valence-electron chi connectivity index (χ1n) is 6.92. The van der Waals surface area contributed by atoms with Crippen LogP contribution < -0.4 is 0 Å². The first kappa shape index (κ1) is 15.4. The molecule has 0 bridgehead atoms. The molecule has 0 aromatic carbocycles. The SMILES string of the molecule is CO[Si](CC1(c2ccccn2)CC=CCC1)(OC)OC. The van der Waals surface area contributed by atoms with Crippen LogP contribution in [-0.2, 0) is 18.7 Å².